The summed E-state index contributed by atoms with van der Waals surface area (Å²) in [5.41, 5.74) is 16.0. The Kier molecular flexibility index (Phi) is 8.31. The number of benzene rings is 9. The molecular weight excluding hydrogens is 741 g/mol. The molecule has 3 nitrogen and oxygen atoms in total. The third kappa shape index (κ3) is 5.97. The fourth-order valence-electron chi connectivity index (χ4n) is 9.65. The minimum Gasteiger partial charge on any atom is -0.455 e. The predicted molar refractivity (Wildman–Crippen MR) is 256 cm³/mol. The Morgan fingerprint density at radius 3 is 1.85 bits per heavy atom. The van der Waals surface area contributed by atoms with Crippen molar-refractivity contribution >= 4 is 66.8 Å². The van der Waals surface area contributed by atoms with E-state index >= 15 is 0 Å². The van der Waals surface area contributed by atoms with Gasteiger partial charge in [0, 0.05) is 61.6 Å². The van der Waals surface area contributed by atoms with Gasteiger partial charge in [-0.3, -0.25) is 0 Å². The van der Waals surface area contributed by atoms with Crippen LogP contribution in [-0.2, 0) is 6.42 Å². The van der Waals surface area contributed by atoms with Crippen molar-refractivity contribution in [1.82, 2.24) is 4.57 Å². The summed E-state index contributed by atoms with van der Waals surface area (Å²) in [5, 5.41) is 6.01. The zero-order chi connectivity index (χ0) is 40.3. The van der Waals surface area contributed by atoms with Crippen molar-refractivity contribution in [3.05, 3.63) is 235 Å². The standard InChI is InChI=1S/C58H40N2O/c1-3-14-39(15-4-1)43-30-35-51-50-21-9-11-24-55(50)60(56(51)36-43)47-37-53(58-54(38-47)52-22-10-12-25-57(52)61-58)42-28-33-46(34-29-42)59(44-18-5-2-6-19-44)45-31-26-41(27-32-45)49-23-13-17-40-16-7-8-20-48(40)49/h1-35,37-38,43H,36H2. The predicted octanol–water partition coefficient (Wildman–Crippen LogP) is 15.8. The number of allylic oxidation sites excluding steroid dienone is 1. The molecule has 0 N–H and O–H groups in total. The zero-order valence-electron chi connectivity index (χ0n) is 33.4. The number of aromatic nitrogens is 1. The van der Waals surface area contributed by atoms with E-state index in [1.165, 1.54) is 49.6 Å². The highest BCUT2D eigenvalue weighted by Crippen LogP contribution is 2.44. The minimum absolute atomic E-state index is 0.296. The molecule has 0 spiro atoms. The van der Waals surface area contributed by atoms with Gasteiger partial charge in [-0.1, -0.05) is 164 Å². The molecule has 0 aliphatic heterocycles. The fourth-order valence-corrected chi connectivity index (χ4v) is 9.65. The van der Waals surface area contributed by atoms with Crippen LogP contribution in [0.3, 0.4) is 0 Å². The molecule has 1 aliphatic carbocycles. The third-order valence-corrected chi connectivity index (χ3v) is 12.6. The molecule has 11 aromatic rings. The second-order valence-corrected chi connectivity index (χ2v) is 16.1. The normalized spacial score (nSPS) is 13.6. The van der Waals surface area contributed by atoms with Crippen LogP contribution in [0.4, 0.5) is 17.1 Å². The summed E-state index contributed by atoms with van der Waals surface area (Å²) in [6.45, 7) is 0. The first kappa shape index (κ1) is 35.1. The number of hydrogen-bond acceptors (Lipinski definition) is 2. The topological polar surface area (TPSA) is 21.3 Å². The van der Waals surface area contributed by atoms with E-state index in [0.29, 0.717) is 5.92 Å². The lowest BCUT2D eigenvalue weighted by Crippen LogP contribution is -2.10. The Balaban J connectivity index is 0.985. The first-order valence-electron chi connectivity index (χ1n) is 21.1. The van der Waals surface area contributed by atoms with Crippen molar-refractivity contribution in [2.24, 2.45) is 0 Å². The van der Waals surface area contributed by atoms with Gasteiger partial charge in [0.05, 0.1) is 5.52 Å². The molecule has 2 aromatic heterocycles. The Morgan fingerprint density at radius 1 is 0.475 bits per heavy atom. The lowest BCUT2D eigenvalue weighted by atomic mass is 9.88. The number of furan rings is 1. The van der Waals surface area contributed by atoms with E-state index in [1.807, 2.05) is 0 Å². The van der Waals surface area contributed by atoms with Crippen LogP contribution in [0.15, 0.2) is 223 Å². The van der Waals surface area contributed by atoms with Gasteiger partial charge in [-0.2, -0.15) is 0 Å². The van der Waals surface area contributed by atoms with Crippen molar-refractivity contribution in [2.75, 3.05) is 4.90 Å². The first-order valence-corrected chi connectivity index (χ1v) is 21.1. The molecule has 0 bridgehead atoms. The van der Waals surface area contributed by atoms with E-state index < -0.39 is 0 Å². The van der Waals surface area contributed by atoms with Crippen molar-refractivity contribution in [3.63, 3.8) is 0 Å². The van der Waals surface area contributed by atoms with Crippen LogP contribution in [0.1, 0.15) is 22.7 Å². The van der Waals surface area contributed by atoms with E-state index in [-0.39, 0.29) is 0 Å². The average Bonchev–Trinajstić information content (AvgIpc) is 3.88. The molecule has 1 aliphatic rings. The van der Waals surface area contributed by atoms with E-state index in [2.05, 4.69) is 234 Å². The fraction of sp³-hybridized carbons (Fsp3) is 0.0345. The molecule has 9 aromatic carbocycles. The summed E-state index contributed by atoms with van der Waals surface area (Å²) in [7, 11) is 0. The minimum atomic E-state index is 0.296. The highest BCUT2D eigenvalue weighted by Gasteiger charge is 2.25. The molecular formula is C58H40N2O. The number of anilines is 3. The van der Waals surface area contributed by atoms with Gasteiger partial charge in [0.1, 0.15) is 11.2 Å². The Morgan fingerprint density at radius 2 is 1.08 bits per heavy atom. The smallest absolute Gasteiger partial charge is 0.143 e. The van der Waals surface area contributed by atoms with E-state index in [9.17, 15) is 0 Å². The molecule has 0 radical (unpaired) electrons. The maximum atomic E-state index is 6.75. The monoisotopic (exact) mass is 780 g/mol. The van der Waals surface area contributed by atoms with Crippen LogP contribution in [0.25, 0.3) is 77.6 Å². The van der Waals surface area contributed by atoms with Gasteiger partial charge in [0.15, 0.2) is 0 Å². The van der Waals surface area contributed by atoms with Crippen LogP contribution in [0, 0.1) is 0 Å². The van der Waals surface area contributed by atoms with Gasteiger partial charge in [-0.25, -0.2) is 0 Å². The van der Waals surface area contributed by atoms with E-state index in [4.69, 9.17) is 4.42 Å². The Labute approximate surface area is 354 Å². The molecule has 1 unspecified atom stereocenters. The molecule has 61 heavy (non-hydrogen) atoms. The number of nitrogens with zero attached hydrogens (tertiary/aromatic N) is 2. The van der Waals surface area contributed by atoms with Crippen LogP contribution >= 0.6 is 0 Å². The summed E-state index contributed by atoms with van der Waals surface area (Å²) in [4.78, 5) is 2.33. The molecule has 0 amide bonds. The first-order chi connectivity index (χ1) is 30.2. The summed E-state index contributed by atoms with van der Waals surface area (Å²) >= 11 is 0. The third-order valence-electron chi connectivity index (χ3n) is 12.6. The molecule has 12 rings (SSSR count). The molecule has 0 saturated carbocycles. The van der Waals surface area contributed by atoms with Crippen LogP contribution in [0.2, 0.25) is 0 Å². The molecule has 2 heterocycles. The van der Waals surface area contributed by atoms with E-state index in [1.54, 1.807) is 0 Å². The van der Waals surface area contributed by atoms with Crippen LogP contribution in [0.5, 0.6) is 0 Å². The Bertz CT molecular complexity index is 3420. The summed E-state index contributed by atoms with van der Waals surface area (Å²) in [5.74, 6) is 0.296. The molecule has 1 atom stereocenters. The largest absolute Gasteiger partial charge is 0.455 e. The maximum absolute atomic E-state index is 6.75. The summed E-state index contributed by atoms with van der Waals surface area (Å²) < 4.78 is 9.25. The lowest BCUT2D eigenvalue weighted by molar-refractivity contribution is 0.670. The average molecular weight is 781 g/mol. The molecule has 0 fully saturated rings. The van der Waals surface area contributed by atoms with Gasteiger partial charge in [0.2, 0.25) is 0 Å². The molecule has 3 heteroatoms. The molecule has 0 saturated heterocycles. The number of fused-ring (bicyclic) bond motifs is 7. The Hall–Kier alpha value is -7.88. The zero-order valence-corrected chi connectivity index (χ0v) is 33.4. The van der Waals surface area contributed by atoms with Gasteiger partial charge in [0.25, 0.3) is 0 Å². The van der Waals surface area contributed by atoms with Crippen LogP contribution < -0.4 is 4.90 Å². The van der Waals surface area contributed by atoms with Gasteiger partial charge in [-0.15, -0.1) is 0 Å². The molecule has 288 valence electrons. The van der Waals surface area contributed by atoms with Crippen molar-refractivity contribution in [1.29, 1.82) is 0 Å². The maximum Gasteiger partial charge on any atom is 0.143 e. The lowest BCUT2D eigenvalue weighted by Gasteiger charge is -2.26. The van der Waals surface area contributed by atoms with E-state index in [0.717, 1.165) is 62.2 Å². The summed E-state index contributed by atoms with van der Waals surface area (Å²) in [6, 6.07) is 76.5. The second kappa shape index (κ2) is 14.4. The summed E-state index contributed by atoms with van der Waals surface area (Å²) in [6.07, 6.45) is 5.64. The quantitative estimate of drug-likeness (QED) is 0.161. The number of para-hydroxylation sites is 3. The van der Waals surface area contributed by atoms with Crippen LogP contribution in [-0.4, -0.2) is 4.57 Å². The number of hydrogen-bond donors (Lipinski definition) is 0. The van der Waals surface area contributed by atoms with Gasteiger partial charge >= 0.3 is 0 Å². The van der Waals surface area contributed by atoms with Gasteiger partial charge in [-0.05, 0) is 100 Å². The second-order valence-electron chi connectivity index (χ2n) is 16.1. The van der Waals surface area contributed by atoms with Crippen molar-refractivity contribution in [2.45, 2.75) is 12.3 Å². The SMILES string of the molecule is C1=CC(c2ccccc2)Cc2c1c1ccccc1n2-c1cc(-c2ccc(N(c3ccccc3)c3ccc(-c4cccc5ccccc45)cc3)cc2)c2oc3ccccc3c2c1. The number of rotatable bonds is 7. The van der Waals surface area contributed by atoms with Crippen molar-refractivity contribution < 1.29 is 4.42 Å². The van der Waals surface area contributed by atoms with Crippen molar-refractivity contribution in [3.8, 4) is 27.9 Å². The van der Waals surface area contributed by atoms with Gasteiger partial charge < -0.3 is 13.9 Å². The highest BCUT2D eigenvalue weighted by atomic mass is 16.3. The highest BCUT2D eigenvalue weighted by molar-refractivity contribution is 6.11.